The van der Waals surface area contributed by atoms with Crippen LogP contribution in [0.2, 0.25) is 0 Å². The van der Waals surface area contributed by atoms with Crippen molar-refractivity contribution in [2.24, 2.45) is 18.2 Å². The Morgan fingerprint density at radius 2 is 2.00 bits per heavy atom. The van der Waals surface area contributed by atoms with Gasteiger partial charge in [-0.25, -0.2) is 4.68 Å². The molecule has 6 nitrogen and oxygen atoms in total. The van der Waals surface area contributed by atoms with Gasteiger partial charge >= 0.3 is 0 Å². The Morgan fingerprint density at radius 3 is 2.67 bits per heavy atom. The minimum atomic E-state index is -0.146. The van der Waals surface area contributed by atoms with Gasteiger partial charge in [0, 0.05) is 31.6 Å². The van der Waals surface area contributed by atoms with Crippen LogP contribution in [-0.4, -0.2) is 39.7 Å². The molecule has 2 aromatic rings. The second kappa shape index (κ2) is 6.02. The molecular weight excluding hydrogens is 304 g/mol. The molecule has 3 rings (SSSR count). The quantitative estimate of drug-likeness (QED) is 0.894. The Bertz CT molecular complexity index is 841. The molecule has 1 aliphatic heterocycles. The second-order valence-corrected chi connectivity index (χ2v) is 7.30. The van der Waals surface area contributed by atoms with Crippen molar-refractivity contribution >= 4 is 16.7 Å². The Hall–Kier alpha value is -2.21. The number of benzene rings is 1. The second-order valence-electron chi connectivity index (χ2n) is 7.30. The van der Waals surface area contributed by atoms with Gasteiger partial charge in [-0.2, -0.15) is 5.10 Å². The summed E-state index contributed by atoms with van der Waals surface area (Å²) in [4.78, 5) is 26.8. The zero-order valence-electron chi connectivity index (χ0n) is 14.5. The van der Waals surface area contributed by atoms with Crippen molar-refractivity contribution in [2.75, 3.05) is 13.1 Å². The van der Waals surface area contributed by atoms with Crippen LogP contribution in [0.5, 0.6) is 0 Å². The van der Waals surface area contributed by atoms with E-state index in [1.807, 2.05) is 23.1 Å². The highest BCUT2D eigenvalue weighted by atomic mass is 16.2. The van der Waals surface area contributed by atoms with Gasteiger partial charge in [0.05, 0.1) is 17.5 Å². The molecule has 1 aromatic carbocycles. The molecule has 128 valence electrons. The number of carbonyl (C=O) groups excluding carboxylic acids is 1. The number of aryl methyl sites for hydroxylation is 1. The number of carbonyl (C=O) groups is 1. The molecule has 0 spiro atoms. The zero-order chi connectivity index (χ0) is 17.5. The predicted octanol–water partition coefficient (Wildman–Crippen LogP) is 1.06. The van der Waals surface area contributed by atoms with Crippen molar-refractivity contribution in [3.8, 4) is 0 Å². The third-order valence-corrected chi connectivity index (χ3v) is 5.02. The molecule has 0 bridgehead atoms. The molecule has 1 aliphatic rings. The fraction of sp³-hybridized carbons (Fsp3) is 0.500. The Morgan fingerprint density at radius 1 is 1.33 bits per heavy atom. The molecule has 2 N–H and O–H groups in total. The van der Waals surface area contributed by atoms with E-state index in [1.54, 1.807) is 13.1 Å². The van der Waals surface area contributed by atoms with E-state index in [0.29, 0.717) is 24.2 Å². The number of piperidine rings is 1. The fourth-order valence-electron chi connectivity index (χ4n) is 3.35. The highest BCUT2D eigenvalue weighted by molar-refractivity contribution is 5.88. The molecule has 6 heteroatoms. The molecular formula is C18H24N4O2. The molecule has 1 atom stereocenters. The summed E-state index contributed by atoms with van der Waals surface area (Å²) < 4.78 is 1.31. The van der Waals surface area contributed by atoms with E-state index in [-0.39, 0.29) is 29.3 Å². The molecule has 0 radical (unpaired) electrons. The van der Waals surface area contributed by atoms with E-state index in [9.17, 15) is 9.59 Å². The van der Waals surface area contributed by atoms with Crippen molar-refractivity contribution in [2.45, 2.75) is 32.7 Å². The smallest absolute Gasteiger partial charge is 0.274 e. The highest BCUT2D eigenvalue weighted by Crippen LogP contribution is 2.28. The van der Waals surface area contributed by atoms with Crippen LogP contribution in [0.15, 0.2) is 29.1 Å². The summed E-state index contributed by atoms with van der Waals surface area (Å²) in [5.74, 6) is 0.0336. The first-order chi connectivity index (χ1) is 11.3. The van der Waals surface area contributed by atoms with E-state index in [2.05, 4.69) is 18.9 Å². The molecule has 1 fully saturated rings. The molecule has 24 heavy (non-hydrogen) atoms. The summed E-state index contributed by atoms with van der Waals surface area (Å²) in [6.45, 7) is 5.51. The van der Waals surface area contributed by atoms with Crippen LogP contribution in [0, 0.1) is 5.41 Å². The van der Waals surface area contributed by atoms with Gasteiger partial charge < -0.3 is 10.6 Å². The summed E-state index contributed by atoms with van der Waals surface area (Å²) in [5.41, 5.74) is 6.56. The number of rotatable bonds is 2. The monoisotopic (exact) mass is 328 g/mol. The molecule has 1 saturated heterocycles. The van der Waals surface area contributed by atoms with Crippen LogP contribution in [0.1, 0.15) is 26.0 Å². The number of nitrogens with two attached hydrogens (primary N) is 1. The van der Waals surface area contributed by atoms with E-state index in [0.717, 1.165) is 11.8 Å². The first-order valence-electron chi connectivity index (χ1n) is 8.28. The Labute approximate surface area is 141 Å². The fourth-order valence-corrected chi connectivity index (χ4v) is 3.35. The lowest BCUT2D eigenvalue weighted by Crippen LogP contribution is -2.54. The van der Waals surface area contributed by atoms with Crippen molar-refractivity contribution in [3.63, 3.8) is 0 Å². The van der Waals surface area contributed by atoms with Crippen LogP contribution in [0.4, 0.5) is 0 Å². The standard InChI is InChI=1S/C18H24N4O2/c1-18(2)11-22(9-8-15(18)19)16(23)10-14-12-6-4-5-7-13(12)17(24)21(3)20-14/h4-7,15H,8-11,19H2,1-3H3. The summed E-state index contributed by atoms with van der Waals surface area (Å²) in [7, 11) is 1.62. The van der Waals surface area contributed by atoms with Gasteiger partial charge in [0.2, 0.25) is 5.91 Å². The summed E-state index contributed by atoms with van der Waals surface area (Å²) in [6.07, 6.45) is 1.00. The maximum absolute atomic E-state index is 12.8. The Balaban J connectivity index is 1.89. The minimum Gasteiger partial charge on any atom is -0.342 e. The molecule has 0 aliphatic carbocycles. The lowest BCUT2D eigenvalue weighted by atomic mass is 9.79. The van der Waals surface area contributed by atoms with Gasteiger partial charge in [-0.15, -0.1) is 0 Å². The van der Waals surface area contributed by atoms with E-state index in [1.165, 1.54) is 4.68 Å². The number of nitrogens with zero attached hydrogens (tertiary/aromatic N) is 3. The normalized spacial score (nSPS) is 20.3. The topological polar surface area (TPSA) is 81.2 Å². The van der Waals surface area contributed by atoms with Gasteiger partial charge in [0.15, 0.2) is 0 Å². The lowest BCUT2D eigenvalue weighted by Gasteiger charge is -2.42. The summed E-state index contributed by atoms with van der Waals surface area (Å²) in [5, 5.41) is 5.67. The third kappa shape index (κ3) is 2.94. The minimum absolute atomic E-state index is 0.0336. The Kier molecular flexibility index (Phi) is 4.17. The first kappa shape index (κ1) is 16.6. The van der Waals surface area contributed by atoms with Crippen LogP contribution in [0.25, 0.3) is 10.8 Å². The predicted molar refractivity (Wildman–Crippen MR) is 93.6 cm³/mol. The first-order valence-corrected chi connectivity index (χ1v) is 8.28. The molecule has 1 aromatic heterocycles. The van der Waals surface area contributed by atoms with Gasteiger partial charge in [0.1, 0.15) is 0 Å². The van der Waals surface area contributed by atoms with Crippen molar-refractivity contribution < 1.29 is 4.79 Å². The van der Waals surface area contributed by atoms with E-state index in [4.69, 9.17) is 5.73 Å². The van der Waals surface area contributed by atoms with Gasteiger partial charge in [-0.3, -0.25) is 9.59 Å². The van der Waals surface area contributed by atoms with E-state index < -0.39 is 0 Å². The molecule has 1 amide bonds. The highest BCUT2D eigenvalue weighted by Gasteiger charge is 2.35. The summed E-state index contributed by atoms with van der Waals surface area (Å²) in [6, 6.07) is 7.42. The van der Waals surface area contributed by atoms with Gasteiger partial charge in [0.25, 0.3) is 5.56 Å². The van der Waals surface area contributed by atoms with Crippen LogP contribution < -0.4 is 11.3 Å². The van der Waals surface area contributed by atoms with Crippen LogP contribution >= 0.6 is 0 Å². The summed E-state index contributed by atoms with van der Waals surface area (Å²) >= 11 is 0. The third-order valence-electron chi connectivity index (χ3n) is 5.02. The lowest BCUT2D eigenvalue weighted by molar-refractivity contribution is -0.133. The number of amides is 1. The number of likely N-dealkylation sites (tertiary alicyclic amines) is 1. The maximum atomic E-state index is 12.8. The van der Waals surface area contributed by atoms with Crippen LogP contribution in [-0.2, 0) is 18.3 Å². The van der Waals surface area contributed by atoms with E-state index >= 15 is 0 Å². The number of hydrogen-bond donors (Lipinski definition) is 1. The molecule has 0 saturated carbocycles. The van der Waals surface area contributed by atoms with Gasteiger partial charge in [-0.1, -0.05) is 32.0 Å². The molecule has 2 heterocycles. The van der Waals surface area contributed by atoms with Crippen molar-refractivity contribution in [3.05, 3.63) is 40.3 Å². The number of hydrogen-bond acceptors (Lipinski definition) is 4. The number of aromatic nitrogens is 2. The largest absolute Gasteiger partial charge is 0.342 e. The average Bonchev–Trinajstić information content (AvgIpc) is 2.54. The maximum Gasteiger partial charge on any atom is 0.274 e. The molecule has 1 unspecified atom stereocenters. The number of fused-ring (bicyclic) bond motifs is 1. The SMILES string of the molecule is Cn1nc(CC(=O)N2CCC(N)C(C)(C)C2)c2ccccc2c1=O. The zero-order valence-corrected chi connectivity index (χ0v) is 14.5. The van der Waals surface area contributed by atoms with Crippen LogP contribution in [0.3, 0.4) is 0 Å². The van der Waals surface area contributed by atoms with Crippen molar-refractivity contribution in [1.29, 1.82) is 0 Å². The average molecular weight is 328 g/mol. The van der Waals surface area contributed by atoms with Crippen molar-refractivity contribution in [1.82, 2.24) is 14.7 Å². The van der Waals surface area contributed by atoms with Gasteiger partial charge in [-0.05, 0) is 17.9 Å².